The molecule has 1 aromatic heterocycles. The summed E-state index contributed by atoms with van der Waals surface area (Å²) in [6, 6.07) is 0. The number of amides is 1. The summed E-state index contributed by atoms with van der Waals surface area (Å²) in [4.78, 5) is 12.1. The molecule has 0 atom stereocenters. The molecule has 1 amide bonds. The molecule has 0 saturated carbocycles. The Morgan fingerprint density at radius 3 is 2.61 bits per heavy atom. The minimum Gasteiger partial charge on any atom is -0.395 e. The fourth-order valence-corrected chi connectivity index (χ4v) is 1.74. The van der Waals surface area contributed by atoms with Crippen molar-refractivity contribution in [3.8, 4) is 0 Å². The second-order valence-corrected chi connectivity index (χ2v) is 5.33. The van der Waals surface area contributed by atoms with Gasteiger partial charge in [0.25, 0.3) is 5.91 Å². The summed E-state index contributed by atoms with van der Waals surface area (Å²) >= 11 is 0. The zero-order valence-electron chi connectivity index (χ0n) is 11.6. The van der Waals surface area contributed by atoms with E-state index < -0.39 is 5.54 Å². The number of nitrogens with one attached hydrogen (secondary N) is 2. The van der Waals surface area contributed by atoms with Crippen LogP contribution in [0.3, 0.4) is 0 Å². The first-order valence-electron chi connectivity index (χ1n) is 5.93. The summed E-state index contributed by atoms with van der Waals surface area (Å²) in [5.41, 5.74) is 6.88. The van der Waals surface area contributed by atoms with Crippen LogP contribution in [0, 0.1) is 0 Å². The molecule has 0 aliphatic heterocycles. The zero-order chi connectivity index (χ0) is 13.9. The molecule has 0 aliphatic rings. The van der Waals surface area contributed by atoms with Gasteiger partial charge in [-0.1, -0.05) is 13.8 Å². The van der Waals surface area contributed by atoms with Gasteiger partial charge in [-0.25, -0.2) is 0 Å². The fraction of sp³-hybridized carbons (Fsp3) is 0.667. The van der Waals surface area contributed by atoms with Gasteiger partial charge in [0.15, 0.2) is 5.69 Å². The lowest BCUT2D eigenvalue weighted by molar-refractivity contribution is 0.0816. The third-order valence-corrected chi connectivity index (χ3v) is 2.58. The topological polar surface area (TPSA) is 93.0 Å². The largest absolute Gasteiger partial charge is 0.395 e. The maximum atomic E-state index is 12.1. The zero-order valence-corrected chi connectivity index (χ0v) is 11.6. The molecule has 1 heterocycles. The van der Waals surface area contributed by atoms with Crippen molar-refractivity contribution in [3.05, 3.63) is 11.4 Å². The Bertz CT molecular complexity index is 424. The van der Waals surface area contributed by atoms with Crippen molar-refractivity contribution < 1.29 is 9.53 Å². The van der Waals surface area contributed by atoms with Gasteiger partial charge in [0.1, 0.15) is 0 Å². The van der Waals surface area contributed by atoms with Crippen LogP contribution in [-0.4, -0.2) is 35.4 Å². The molecular weight excluding hydrogens is 232 g/mol. The number of H-pyrrole nitrogens is 1. The van der Waals surface area contributed by atoms with Crippen molar-refractivity contribution >= 4 is 11.6 Å². The highest BCUT2D eigenvalue weighted by molar-refractivity contribution is 5.98. The first kappa shape index (κ1) is 14.5. The van der Waals surface area contributed by atoms with Crippen molar-refractivity contribution in [2.75, 3.05) is 19.5 Å². The Labute approximate surface area is 107 Å². The number of nitrogens with two attached hydrogens (primary N) is 1. The molecule has 1 aromatic rings. The summed E-state index contributed by atoms with van der Waals surface area (Å²) in [5, 5.41) is 9.62. The second kappa shape index (κ2) is 5.39. The van der Waals surface area contributed by atoms with Crippen LogP contribution in [0.15, 0.2) is 0 Å². The summed E-state index contributed by atoms with van der Waals surface area (Å²) in [5.74, 6) is -0.0938. The van der Waals surface area contributed by atoms with Gasteiger partial charge in [-0.15, -0.1) is 0 Å². The van der Waals surface area contributed by atoms with Gasteiger partial charge in [0.05, 0.1) is 23.5 Å². The number of ether oxygens (including phenoxy) is 1. The molecule has 0 spiro atoms. The number of hydrogen-bond donors (Lipinski definition) is 3. The Morgan fingerprint density at radius 1 is 1.56 bits per heavy atom. The number of aromatic amines is 1. The van der Waals surface area contributed by atoms with E-state index in [0.717, 1.165) is 5.69 Å². The van der Waals surface area contributed by atoms with Crippen LogP contribution in [0.2, 0.25) is 0 Å². The number of hydrogen-bond acceptors (Lipinski definition) is 4. The van der Waals surface area contributed by atoms with E-state index in [-0.39, 0.29) is 17.5 Å². The molecular formula is C12H22N4O2. The van der Waals surface area contributed by atoms with Crippen molar-refractivity contribution in [1.29, 1.82) is 0 Å². The van der Waals surface area contributed by atoms with E-state index in [4.69, 9.17) is 10.5 Å². The Morgan fingerprint density at radius 2 is 2.17 bits per heavy atom. The SMILES string of the molecule is COCC(C)(C)NC(=O)c1n[nH]c(C(C)C)c1N. The van der Waals surface area contributed by atoms with Crippen LogP contribution in [0.25, 0.3) is 0 Å². The van der Waals surface area contributed by atoms with Crippen LogP contribution in [0.4, 0.5) is 5.69 Å². The third-order valence-electron chi connectivity index (χ3n) is 2.58. The lowest BCUT2D eigenvalue weighted by Gasteiger charge is -2.24. The summed E-state index contributed by atoms with van der Waals surface area (Å²) < 4.78 is 5.04. The monoisotopic (exact) mass is 254 g/mol. The number of carbonyl (C=O) groups is 1. The molecule has 0 aliphatic carbocycles. The quantitative estimate of drug-likeness (QED) is 0.737. The molecule has 6 nitrogen and oxygen atoms in total. The van der Waals surface area contributed by atoms with Gasteiger partial charge in [0, 0.05) is 7.11 Å². The Kier molecular flexibility index (Phi) is 4.34. The molecule has 102 valence electrons. The van der Waals surface area contributed by atoms with Crippen LogP contribution in [0.1, 0.15) is 49.8 Å². The molecule has 4 N–H and O–H groups in total. The predicted molar refractivity (Wildman–Crippen MR) is 70.5 cm³/mol. The molecule has 0 unspecified atom stereocenters. The van der Waals surface area contributed by atoms with E-state index in [1.54, 1.807) is 7.11 Å². The highest BCUT2D eigenvalue weighted by atomic mass is 16.5. The lowest BCUT2D eigenvalue weighted by Crippen LogP contribution is -2.47. The number of nitrogens with zero attached hydrogens (tertiary/aromatic N) is 1. The first-order chi connectivity index (χ1) is 8.28. The molecule has 0 radical (unpaired) electrons. The second-order valence-electron chi connectivity index (χ2n) is 5.33. The van der Waals surface area contributed by atoms with Gasteiger partial charge >= 0.3 is 0 Å². The van der Waals surface area contributed by atoms with E-state index in [9.17, 15) is 4.79 Å². The molecule has 0 saturated heterocycles. The fourth-order valence-electron chi connectivity index (χ4n) is 1.74. The lowest BCUT2D eigenvalue weighted by atomic mass is 10.1. The highest BCUT2D eigenvalue weighted by Crippen LogP contribution is 2.22. The van der Waals surface area contributed by atoms with Gasteiger partial charge in [-0.05, 0) is 19.8 Å². The number of carbonyl (C=O) groups excluding carboxylic acids is 1. The standard InChI is InChI=1S/C12H22N4O2/c1-7(2)9-8(13)10(16-15-9)11(17)14-12(3,4)6-18-5/h7H,6,13H2,1-5H3,(H,14,17)(H,15,16). The minimum atomic E-state index is -0.463. The number of anilines is 1. The van der Waals surface area contributed by atoms with E-state index in [1.807, 2.05) is 27.7 Å². The highest BCUT2D eigenvalue weighted by Gasteiger charge is 2.25. The predicted octanol–water partition coefficient (Wildman–Crippen LogP) is 1.27. The van der Waals surface area contributed by atoms with Crippen LogP contribution in [-0.2, 0) is 4.74 Å². The Hall–Kier alpha value is -1.56. The summed E-state index contributed by atoms with van der Waals surface area (Å²) in [6.07, 6.45) is 0. The number of aromatic nitrogens is 2. The van der Waals surface area contributed by atoms with Crippen molar-refractivity contribution in [1.82, 2.24) is 15.5 Å². The molecule has 18 heavy (non-hydrogen) atoms. The first-order valence-corrected chi connectivity index (χ1v) is 5.93. The molecule has 1 rings (SSSR count). The van der Waals surface area contributed by atoms with Gasteiger partial charge in [-0.3, -0.25) is 9.89 Å². The van der Waals surface area contributed by atoms with Crippen LogP contribution < -0.4 is 11.1 Å². The van der Waals surface area contributed by atoms with E-state index in [2.05, 4.69) is 15.5 Å². The van der Waals surface area contributed by atoms with Crippen molar-refractivity contribution in [3.63, 3.8) is 0 Å². The maximum Gasteiger partial charge on any atom is 0.274 e. The number of rotatable bonds is 5. The van der Waals surface area contributed by atoms with Crippen molar-refractivity contribution in [2.45, 2.75) is 39.2 Å². The van der Waals surface area contributed by atoms with E-state index in [0.29, 0.717) is 12.3 Å². The van der Waals surface area contributed by atoms with E-state index >= 15 is 0 Å². The normalized spacial score (nSPS) is 11.9. The smallest absolute Gasteiger partial charge is 0.274 e. The van der Waals surface area contributed by atoms with Gasteiger partial charge in [0.2, 0.25) is 0 Å². The molecule has 0 bridgehead atoms. The Balaban J connectivity index is 2.85. The molecule has 0 fully saturated rings. The van der Waals surface area contributed by atoms with Crippen LogP contribution >= 0.6 is 0 Å². The minimum absolute atomic E-state index is 0.200. The molecule has 0 aromatic carbocycles. The van der Waals surface area contributed by atoms with Crippen molar-refractivity contribution in [2.24, 2.45) is 0 Å². The van der Waals surface area contributed by atoms with Gasteiger partial charge in [-0.2, -0.15) is 5.10 Å². The number of nitrogen functional groups attached to an aromatic ring is 1. The van der Waals surface area contributed by atoms with E-state index in [1.165, 1.54) is 0 Å². The third kappa shape index (κ3) is 3.22. The summed E-state index contributed by atoms with van der Waals surface area (Å²) in [6.45, 7) is 8.14. The maximum absolute atomic E-state index is 12.1. The van der Waals surface area contributed by atoms with Gasteiger partial charge < -0.3 is 15.8 Å². The molecule has 6 heteroatoms. The average molecular weight is 254 g/mol. The summed E-state index contributed by atoms with van der Waals surface area (Å²) in [7, 11) is 1.59. The average Bonchev–Trinajstić information content (AvgIpc) is 2.58. The number of methoxy groups -OCH3 is 1. The van der Waals surface area contributed by atoms with Crippen LogP contribution in [0.5, 0.6) is 0 Å².